The first-order valence-corrected chi connectivity index (χ1v) is 9.28. The Morgan fingerprint density at radius 3 is 2.68 bits per heavy atom. The lowest BCUT2D eigenvalue weighted by molar-refractivity contribution is 0.302. The van der Waals surface area contributed by atoms with E-state index in [2.05, 4.69) is 52.1 Å². The van der Waals surface area contributed by atoms with Crippen molar-refractivity contribution in [1.29, 1.82) is 0 Å². The van der Waals surface area contributed by atoms with Crippen LogP contribution in [0.2, 0.25) is 0 Å². The highest BCUT2D eigenvalue weighted by Crippen LogP contribution is 2.22. The van der Waals surface area contributed by atoms with Crippen molar-refractivity contribution >= 4 is 17.3 Å². The molecule has 4 nitrogen and oxygen atoms in total. The van der Waals surface area contributed by atoms with Crippen LogP contribution in [0.1, 0.15) is 22.0 Å². The summed E-state index contributed by atoms with van der Waals surface area (Å²) >= 11 is 1.76. The van der Waals surface area contributed by atoms with Crippen LogP contribution in [0.15, 0.2) is 40.7 Å². The number of hydrogen-bond donors (Lipinski definition) is 2. The molecule has 2 rings (SSSR count). The van der Waals surface area contributed by atoms with E-state index in [4.69, 9.17) is 0 Å². The van der Waals surface area contributed by atoms with Crippen LogP contribution >= 0.6 is 11.3 Å². The molecule has 1 atom stereocenters. The Balaban J connectivity index is 1.84. The minimum atomic E-state index is -0.185. The highest BCUT2D eigenvalue weighted by molar-refractivity contribution is 7.10. The standard InChI is InChI=1S/C19H27FN4S/c1-14-12-16(20)8-7-15(14)9-10-22-19(21-2)23-13-17(24(3)4)18-6-5-11-25-18/h5-8,11-12,17H,9-10,13H2,1-4H3,(H2,21,22,23). The molecule has 0 radical (unpaired) electrons. The Hall–Kier alpha value is -1.92. The number of benzene rings is 1. The summed E-state index contributed by atoms with van der Waals surface area (Å²) in [5.41, 5.74) is 2.13. The maximum Gasteiger partial charge on any atom is 0.191 e. The van der Waals surface area contributed by atoms with Crippen LogP contribution in [0.5, 0.6) is 0 Å². The molecule has 0 amide bonds. The number of guanidine groups is 1. The first-order chi connectivity index (χ1) is 12.0. The van der Waals surface area contributed by atoms with Crippen LogP contribution in [0.4, 0.5) is 4.39 Å². The molecule has 25 heavy (non-hydrogen) atoms. The fourth-order valence-electron chi connectivity index (χ4n) is 2.69. The normalized spacial score (nSPS) is 13.1. The van der Waals surface area contributed by atoms with Crippen LogP contribution in [0.25, 0.3) is 0 Å². The highest BCUT2D eigenvalue weighted by Gasteiger charge is 2.15. The molecule has 1 aromatic heterocycles. The monoisotopic (exact) mass is 362 g/mol. The molecule has 0 aliphatic heterocycles. The number of aliphatic imine (C=N–C) groups is 1. The second-order valence-corrected chi connectivity index (χ2v) is 7.17. The van der Waals surface area contributed by atoms with Gasteiger partial charge in [0.2, 0.25) is 0 Å². The lowest BCUT2D eigenvalue weighted by Gasteiger charge is -2.24. The van der Waals surface area contributed by atoms with Crippen molar-refractivity contribution in [1.82, 2.24) is 15.5 Å². The lowest BCUT2D eigenvalue weighted by Crippen LogP contribution is -2.42. The van der Waals surface area contributed by atoms with Gasteiger partial charge in [-0.3, -0.25) is 4.99 Å². The fourth-order valence-corrected chi connectivity index (χ4v) is 3.61. The molecule has 0 aliphatic rings. The van der Waals surface area contributed by atoms with E-state index in [1.54, 1.807) is 24.5 Å². The molecule has 1 heterocycles. The molecule has 0 spiro atoms. The largest absolute Gasteiger partial charge is 0.356 e. The number of aryl methyl sites for hydroxylation is 1. The summed E-state index contributed by atoms with van der Waals surface area (Å²) in [5.74, 6) is 0.596. The lowest BCUT2D eigenvalue weighted by atomic mass is 10.1. The summed E-state index contributed by atoms with van der Waals surface area (Å²) in [6.45, 7) is 3.47. The number of hydrogen-bond acceptors (Lipinski definition) is 3. The van der Waals surface area contributed by atoms with Gasteiger partial charge in [-0.25, -0.2) is 4.39 Å². The zero-order valence-electron chi connectivity index (χ0n) is 15.3. The minimum Gasteiger partial charge on any atom is -0.356 e. The second kappa shape index (κ2) is 9.53. The van der Waals surface area contributed by atoms with Crippen molar-refractivity contribution in [3.63, 3.8) is 0 Å². The Labute approximate surface area is 153 Å². The van der Waals surface area contributed by atoms with Gasteiger partial charge in [-0.2, -0.15) is 0 Å². The molecule has 0 saturated carbocycles. The van der Waals surface area contributed by atoms with Gasteiger partial charge in [0.25, 0.3) is 0 Å². The number of thiophene rings is 1. The van der Waals surface area contributed by atoms with Crippen molar-refractivity contribution in [2.24, 2.45) is 4.99 Å². The molecular weight excluding hydrogens is 335 g/mol. The third-order valence-electron chi connectivity index (χ3n) is 4.17. The Morgan fingerprint density at radius 1 is 1.28 bits per heavy atom. The van der Waals surface area contributed by atoms with Gasteiger partial charge in [0, 0.05) is 25.0 Å². The van der Waals surface area contributed by atoms with Gasteiger partial charge in [0.1, 0.15) is 5.82 Å². The first-order valence-electron chi connectivity index (χ1n) is 8.40. The maximum atomic E-state index is 13.2. The summed E-state index contributed by atoms with van der Waals surface area (Å²) in [4.78, 5) is 7.82. The summed E-state index contributed by atoms with van der Waals surface area (Å²) in [7, 11) is 5.94. The number of rotatable bonds is 7. The maximum absolute atomic E-state index is 13.2. The minimum absolute atomic E-state index is 0.185. The average Bonchev–Trinajstić information content (AvgIpc) is 3.09. The quantitative estimate of drug-likeness (QED) is 0.587. The smallest absolute Gasteiger partial charge is 0.191 e. The second-order valence-electron chi connectivity index (χ2n) is 6.20. The number of likely N-dealkylation sites (N-methyl/N-ethyl adjacent to an activating group) is 1. The van der Waals surface area contributed by atoms with Gasteiger partial charge in [0.05, 0.1) is 6.04 Å². The number of nitrogens with zero attached hydrogens (tertiary/aromatic N) is 2. The molecule has 2 N–H and O–H groups in total. The number of halogens is 1. The van der Waals surface area contributed by atoms with Crippen molar-refractivity contribution < 1.29 is 4.39 Å². The van der Waals surface area contributed by atoms with Crippen LogP contribution in [-0.2, 0) is 6.42 Å². The van der Waals surface area contributed by atoms with E-state index in [0.29, 0.717) is 6.04 Å². The van der Waals surface area contributed by atoms with Crippen LogP contribution < -0.4 is 10.6 Å². The molecule has 2 aromatic rings. The molecular formula is C19H27FN4S. The molecule has 0 saturated heterocycles. The summed E-state index contributed by atoms with van der Waals surface area (Å²) in [6, 6.07) is 9.47. The summed E-state index contributed by atoms with van der Waals surface area (Å²) < 4.78 is 13.2. The van der Waals surface area contributed by atoms with E-state index < -0.39 is 0 Å². The third-order valence-corrected chi connectivity index (χ3v) is 5.15. The third kappa shape index (κ3) is 5.83. The SMILES string of the molecule is CN=C(NCCc1ccc(F)cc1C)NCC(c1cccs1)N(C)C. The molecule has 6 heteroatoms. The molecule has 0 bridgehead atoms. The van der Waals surface area contributed by atoms with Crippen molar-refractivity contribution in [3.05, 3.63) is 57.5 Å². The van der Waals surface area contributed by atoms with Crippen LogP contribution in [0, 0.1) is 12.7 Å². The van der Waals surface area contributed by atoms with Crippen molar-refractivity contribution in [3.8, 4) is 0 Å². The molecule has 1 aromatic carbocycles. The fraction of sp³-hybridized carbons (Fsp3) is 0.421. The van der Waals surface area contributed by atoms with Gasteiger partial charge < -0.3 is 15.5 Å². The van der Waals surface area contributed by atoms with E-state index >= 15 is 0 Å². The summed E-state index contributed by atoms with van der Waals surface area (Å²) in [6.07, 6.45) is 0.828. The van der Waals surface area contributed by atoms with Gasteiger partial charge in [-0.15, -0.1) is 11.3 Å². The van der Waals surface area contributed by atoms with E-state index in [0.717, 1.165) is 36.6 Å². The van der Waals surface area contributed by atoms with Gasteiger partial charge >= 0.3 is 0 Å². The highest BCUT2D eigenvalue weighted by atomic mass is 32.1. The van der Waals surface area contributed by atoms with Gasteiger partial charge in [0.15, 0.2) is 5.96 Å². The van der Waals surface area contributed by atoms with E-state index in [1.165, 1.54) is 10.9 Å². The molecule has 1 unspecified atom stereocenters. The number of nitrogens with one attached hydrogen (secondary N) is 2. The van der Waals surface area contributed by atoms with Crippen LogP contribution in [0.3, 0.4) is 0 Å². The van der Waals surface area contributed by atoms with E-state index in [1.807, 2.05) is 13.0 Å². The zero-order valence-corrected chi connectivity index (χ0v) is 16.2. The van der Waals surface area contributed by atoms with E-state index in [9.17, 15) is 4.39 Å². The molecule has 0 fully saturated rings. The Morgan fingerprint density at radius 2 is 2.08 bits per heavy atom. The average molecular weight is 363 g/mol. The van der Waals surface area contributed by atoms with Gasteiger partial charge in [-0.05, 0) is 62.1 Å². The van der Waals surface area contributed by atoms with Crippen LogP contribution in [-0.4, -0.2) is 45.1 Å². The predicted octanol–water partition coefficient (Wildman–Crippen LogP) is 3.21. The van der Waals surface area contributed by atoms with Gasteiger partial charge in [-0.1, -0.05) is 12.1 Å². The zero-order chi connectivity index (χ0) is 18.2. The van der Waals surface area contributed by atoms with Crippen molar-refractivity contribution in [2.75, 3.05) is 34.2 Å². The molecule has 136 valence electrons. The Kier molecular flexibility index (Phi) is 7.40. The van der Waals surface area contributed by atoms with E-state index in [-0.39, 0.29) is 5.82 Å². The Bertz CT molecular complexity index is 683. The summed E-state index contributed by atoms with van der Waals surface area (Å²) in [5, 5.41) is 8.82. The molecule has 0 aliphatic carbocycles. The predicted molar refractivity (Wildman–Crippen MR) is 105 cm³/mol. The topological polar surface area (TPSA) is 39.7 Å². The van der Waals surface area contributed by atoms with Crippen molar-refractivity contribution in [2.45, 2.75) is 19.4 Å². The first kappa shape index (κ1) is 19.4.